The maximum atomic E-state index is 5.97. The number of hydrogen-bond acceptors (Lipinski definition) is 5. The van der Waals surface area contributed by atoms with Gasteiger partial charge in [0.2, 0.25) is 0 Å². The van der Waals surface area contributed by atoms with E-state index in [4.69, 9.17) is 23.7 Å². The quantitative estimate of drug-likeness (QED) is 0.580. The van der Waals surface area contributed by atoms with Crippen LogP contribution in [0.5, 0.6) is 23.0 Å². The third kappa shape index (κ3) is 2.97. The van der Waals surface area contributed by atoms with E-state index >= 15 is 0 Å². The summed E-state index contributed by atoms with van der Waals surface area (Å²) in [6.07, 6.45) is -0.239. The molecular weight excluding hydrogens is 380 g/mol. The summed E-state index contributed by atoms with van der Waals surface area (Å²) in [4.78, 5) is 0. The van der Waals surface area contributed by atoms with E-state index in [1.165, 1.54) is 0 Å². The van der Waals surface area contributed by atoms with Gasteiger partial charge in [-0.1, -0.05) is 30.3 Å². The molecule has 30 heavy (non-hydrogen) atoms. The van der Waals surface area contributed by atoms with Crippen molar-refractivity contribution in [1.82, 2.24) is 0 Å². The zero-order valence-corrected chi connectivity index (χ0v) is 17.9. The summed E-state index contributed by atoms with van der Waals surface area (Å²) in [6.45, 7) is 0. The summed E-state index contributed by atoms with van der Waals surface area (Å²) in [5.41, 5.74) is 5.07. The topological polar surface area (TPSA) is 46.2 Å². The molecule has 4 rings (SSSR count). The fraction of sp³-hybridized carbons (Fsp3) is 0.280. The molecule has 0 bridgehead atoms. The van der Waals surface area contributed by atoms with Gasteiger partial charge in [-0.05, 0) is 35.4 Å². The molecule has 0 saturated carbocycles. The number of benzene rings is 3. The highest BCUT2D eigenvalue weighted by atomic mass is 16.5. The van der Waals surface area contributed by atoms with E-state index in [2.05, 4.69) is 12.1 Å². The van der Waals surface area contributed by atoms with E-state index in [1.54, 1.807) is 35.5 Å². The largest absolute Gasteiger partial charge is 0.496 e. The zero-order valence-electron chi connectivity index (χ0n) is 17.9. The van der Waals surface area contributed by atoms with Gasteiger partial charge in [0, 0.05) is 29.7 Å². The van der Waals surface area contributed by atoms with Crippen LogP contribution in [0.3, 0.4) is 0 Å². The van der Waals surface area contributed by atoms with Crippen molar-refractivity contribution in [3.8, 4) is 23.0 Å². The minimum Gasteiger partial charge on any atom is -0.496 e. The number of hydrogen-bond donors (Lipinski definition) is 0. The molecule has 5 heteroatoms. The first kappa shape index (κ1) is 20.1. The Kier molecular flexibility index (Phi) is 5.55. The first-order valence-corrected chi connectivity index (χ1v) is 9.77. The van der Waals surface area contributed by atoms with Crippen LogP contribution in [0.25, 0.3) is 0 Å². The lowest BCUT2D eigenvalue weighted by molar-refractivity contribution is 0.131. The molecule has 1 aliphatic carbocycles. The standard InChI is InChI=1S/C25H26O5/c1-26-17-11-6-9-15-21(17)24(23-19(28-3)13-8-14-20(23)29-4)22-16(25(15)30-5)10-7-12-18(22)27-2/h6-14,24-25H,1-5H3. The summed E-state index contributed by atoms with van der Waals surface area (Å²) in [5, 5.41) is 0. The molecule has 0 fully saturated rings. The van der Waals surface area contributed by atoms with Gasteiger partial charge in [0.1, 0.15) is 29.1 Å². The van der Waals surface area contributed by atoms with Crippen molar-refractivity contribution in [3.63, 3.8) is 0 Å². The van der Waals surface area contributed by atoms with Gasteiger partial charge < -0.3 is 23.7 Å². The Balaban J connectivity index is 2.16. The maximum Gasteiger partial charge on any atom is 0.126 e. The molecule has 0 N–H and O–H groups in total. The number of methoxy groups -OCH3 is 5. The van der Waals surface area contributed by atoms with E-state index in [0.717, 1.165) is 50.8 Å². The molecule has 0 amide bonds. The molecule has 1 aliphatic rings. The Morgan fingerprint density at radius 3 is 1.23 bits per heavy atom. The summed E-state index contributed by atoms with van der Waals surface area (Å²) in [7, 11) is 8.44. The average Bonchev–Trinajstić information content (AvgIpc) is 2.81. The van der Waals surface area contributed by atoms with Crippen molar-refractivity contribution in [2.75, 3.05) is 35.5 Å². The lowest BCUT2D eigenvalue weighted by Crippen LogP contribution is -2.22. The van der Waals surface area contributed by atoms with Crippen LogP contribution in [0.2, 0.25) is 0 Å². The van der Waals surface area contributed by atoms with Crippen molar-refractivity contribution in [2.45, 2.75) is 12.0 Å². The molecule has 3 aromatic rings. The Morgan fingerprint density at radius 1 is 0.500 bits per heavy atom. The third-order valence-corrected chi connectivity index (χ3v) is 5.77. The summed E-state index contributed by atoms with van der Waals surface area (Å²) >= 11 is 0. The Hall–Kier alpha value is -3.18. The van der Waals surface area contributed by atoms with Crippen LogP contribution in [-0.2, 0) is 4.74 Å². The monoisotopic (exact) mass is 406 g/mol. The van der Waals surface area contributed by atoms with Gasteiger partial charge in [-0.15, -0.1) is 0 Å². The molecule has 5 nitrogen and oxygen atoms in total. The van der Waals surface area contributed by atoms with Crippen LogP contribution in [0.4, 0.5) is 0 Å². The Bertz CT molecular complexity index is 982. The van der Waals surface area contributed by atoms with Gasteiger partial charge in [0.15, 0.2) is 0 Å². The fourth-order valence-electron chi connectivity index (χ4n) is 4.57. The molecule has 0 unspecified atom stereocenters. The molecule has 0 aromatic heterocycles. The van der Waals surface area contributed by atoms with E-state index in [9.17, 15) is 0 Å². The maximum absolute atomic E-state index is 5.97. The van der Waals surface area contributed by atoms with Gasteiger partial charge in [0.25, 0.3) is 0 Å². The van der Waals surface area contributed by atoms with Gasteiger partial charge >= 0.3 is 0 Å². The van der Waals surface area contributed by atoms with Crippen LogP contribution in [0, 0.1) is 0 Å². The van der Waals surface area contributed by atoms with Gasteiger partial charge in [-0.3, -0.25) is 0 Å². The fourth-order valence-corrected chi connectivity index (χ4v) is 4.57. The van der Waals surface area contributed by atoms with Crippen LogP contribution in [0.15, 0.2) is 54.6 Å². The third-order valence-electron chi connectivity index (χ3n) is 5.77. The second kappa shape index (κ2) is 8.28. The van der Waals surface area contributed by atoms with Gasteiger partial charge in [-0.2, -0.15) is 0 Å². The molecule has 0 aliphatic heterocycles. The lowest BCUT2D eigenvalue weighted by Gasteiger charge is -2.36. The number of fused-ring (bicyclic) bond motifs is 2. The van der Waals surface area contributed by atoms with E-state index < -0.39 is 0 Å². The molecule has 0 atom stereocenters. The number of rotatable bonds is 6. The smallest absolute Gasteiger partial charge is 0.126 e. The summed E-state index contributed by atoms with van der Waals surface area (Å²) in [5.74, 6) is 2.82. The molecule has 0 spiro atoms. The van der Waals surface area contributed by atoms with Gasteiger partial charge in [-0.25, -0.2) is 0 Å². The molecule has 156 valence electrons. The first-order chi connectivity index (χ1) is 14.7. The van der Waals surface area contributed by atoms with Crippen LogP contribution < -0.4 is 18.9 Å². The van der Waals surface area contributed by atoms with Crippen LogP contribution in [-0.4, -0.2) is 35.5 Å². The van der Waals surface area contributed by atoms with Crippen LogP contribution >= 0.6 is 0 Å². The number of ether oxygens (including phenoxy) is 5. The highest BCUT2D eigenvalue weighted by molar-refractivity contribution is 5.67. The minimum atomic E-state index is -0.239. The molecule has 0 heterocycles. The Labute approximate surface area is 177 Å². The Morgan fingerprint density at radius 2 is 0.867 bits per heavy atom. The van der Waals surface area contributed by atoms with Crippen molar-refractivity contribution in [3.05, 3.63) is 82.4 Å². The van der Waals surface area contributed by atoms with Crippen LogP contribution in [0.1, 0.15) is 39.8 Å². The van der Waals surface area contributed by atoms with Crippen molar-refractivity contribution < 1.29 is 23.7 Å². The highest BCUT2D eigenvalue weighted by Gasteiger charge is 2.40. The van der Waals surface area contributed by atoms with E-state index in [-0.39, 0.29) is 12.0 Å². The molecule has 0 saturated heterocycles. The summed E-state index contributed by atoms with van der Waals surface area (Å²) in [6, 6.07) is 17.9. The average molecular weight is 406 g/mol. The molecular formula is C25H26O5. The normalized spacial score (nSPS) is 17.0. The highest BCUT2D eigenvalue weighted by Crippen LogP contribution is 2.55. The molecule has 0 radical (unpaired) electrons. The predicted molar refractivity (Wildman–Crippen MR) is 115 cm³/mol. The summed E-state index contributed by atoms with van der Waals surface area (Å²) < 4.78 is 29.2. The predicted octanol–water partition coefficient (Wildman–Crippen LogP) is 4.95. The van der Waals surface area contributed by atoms with E-state index in [1.807, 2.05) is 42.5 Å². The van der Waals surface area contributed by atoms with Crippen molar-refractivity contribution >= 4 is 0 Å². The zero-order chi connectivity index (χ0) is 21.3. The van der Waals surface area contributed by atoms with Crippen molar-refractivity contribution in [1.29, 1.82) is 0 Å². The second-order valence-electron chi connectivity index (χ2n) is 7.05. The van der Waals surface area contributed by atoms with Gasteiger partial charge in [0.05, 0.1) is 28.4 Å². The lowest BCUT2D eigenvalue weighted by atomic mass is 9.72. The molecule has 3 aromatic carbocycles. The first-order valence-electron chi connectivity index (χ1n) is 9.77. The minimum absolute atomic E-state index is 0.222. The van der Waals surface area contributed by atoms with Crippen molar-refractivity contribution in [2.24, 2.45) is 0 Å². The van der Waals surface area contributed by atoms with E-state index in [0.29, 0.717) is 0 Å². The SMILES string of the molecule is COc1cccc(OC)c1C1c2c(OC)cccc2C(OC)c2cccc(OC)c21. The second-order valence-corrected chi connectivity index (χ2v) is 7.05.